The molecule has 19 heavy (non-hydrogen) atoms. The maximum Gasteiger partial charge on any atom is 0.317 e. The molecular weight excluding hydrogens is 250 g/mol. The smallest absolute Gasteiger partial charge is 0.317 e. The van der Waals surface area contributed by atoms with Crippen LogP contribution in [0.1, 0.15) is 0 Å². The third kappa shape index (κ3) is 3.19. The van der Waals surface area contributed by atoms with E-state index < -0.39 is 5.97 Å². The molecule has 0 atom stereocenters. The van der Waals surface area contributed by atoms with Crippen molar-refractivity contribution in [1.29, 1.82) is 0 Å². The molecule has 1 N–H and O–H groups in total. The summed E-state index contributed by atoms with van der Waals surface area (Å²) in [5.41, 5.74) is 0.691. The number of nitro benzene ring substituents is 1. The van der Waals surface area contributed by atoms with Gasteiger partial charge in [-0.3, -0.25) is 19.8 Å². The molecule has 0 aliphatic carbocycles. The fourth-order valence-corrected chi connectivity index (χ4v) is 2.22. The lowest BCUT2D eigenvalue weighted by Gasteiger charge is -2.34. The molecule has 7 nitrogen and oxygen atoms in total. The van der Waals surface area contributed by atoms with Gasteiger partial charge in [0.1, 0.15) is 5.69 Å². The quantitative estimate of drug-likeness (QED) is 0.640. The molecule has 0 radical (unpaired) electrons. The number of hydrogen-bond donors (Lipinski definition) is 1. The largest absolute Gasteiger partial charge is 0.480 e. The van der Waals surface area contributed by atoms with Crippen LogP contribution < -0.4 is 4.90 Å². The van der Waals surface area contributed by atoms with Gasteiger partial charge in [0.15, 0.2) is 0 Å². The summed E-state index contributed by atoms with van der Waals surface area (Å²) in [6.45, 7) is 2.40. The summed E-state index contributed by atoms with van der Waals surface area (Å²) in [5.74, 6) is -0.848. The molecule has 1 aliphatic rings. The van der Waals surface area contributed by atoms with E-state index in [1.165, 1.54) is 6.07 Å². The maximum atomic E-state index is 11.0. The Kier molecular flexibility index (Phi) is 3.96. The third-order valence-corrected chi connectivity index (χ3v) is 3.15. The Morgan fingerprint density at radius 1 is 1.26 bits per heavy atom. The number of anilines is 1. The molecule has 2 rings (SSSR count). The summed E-state index contributed by atoms with van der Waals surface area (Å²) in [6, 6.07) is 6.62. The molecule has 1 aliphatic heterocycles. The van der Waals surface area contributed by atoms with Gasteiger partial charge >= 0.3 is 5.97 Å². The van der Waals surface area contributed by atoms with Crippen LogP contribution in [-0.4, -0.2) is 53.6 Å². The molecule has 102 valence electrons. The molecule has 1 aromatic carbocycles. The highest BCUT2D eigenvalue weighted by molar-refractivity contribution is 5.69. The van der Waals surface area contributed by atoms with Crippen molar-refractivity contribution in [3.8, 4) is 0 Å². The van der Waals surface area contributed by atoms with Gasteiger partial charge in [0, 0.05) is 32.2 Å². The second-order valence-corrected chi connectivity index (χ2v) is 4.40. The summed E-state index contributed by atoms with van der Waals surface area (Å²) < 4.78 is 0. The number of piperazine rings is 1. The van der Waals surface area contributed by atoms with Crippen LogP contribution in [0.2, 0.25) is 0 Å². The summed E-state index contributed by atoms with van der Waals surface area (Å²) in [5, 5.41) is 19.7. The highest BCUT2D eigenvalue weighted by atomic mass is 16.6. The summed E-state index contributed by atoms with van der Waals surface area (Å²) in [7, 11) is 0. The zero-order valence-electron chi connectivity index (χ0n) is 10.4. The molecule has 7 heteroatoms. The minimum atomic E-state index is -0.848. The van der Waals surface area contributed by atoms with E-state index in [-0.39, 0.29) is 17.2 Å². The summed E-state index contributed by atoms with van der Waals surface area (Å²) in [4.78, 5) is 24.9. The van der Waals surface area contributed by atoms with Crippen LogP contribution in [0, 0.1) is 10.1 Å². The normalized spacial score (nSPS) is 16.3. The Bertz CT molecular complexity index is 484. The lowest BCUT2D eigenvalue weighted by atomic mass is 10.2. The van der Waals surface area contributed by atoms with E-state index in [9.17, 15) is 14.9 Å². The van der Waals surface area contributed by atoms with Gasteiger partial charge in [0.05, 0.1) is 11.5 Å². The van der Waals surface area contributed by atoms with Crippen molar-refractivity contribution in [2.24, 2.45) is 0 Å². The van der Waals surface area contributed by atoms with Gasteiger partial charge in [-0.1, -0.05) is 12.1 Å². The molecule has 0 saturated carbocycles. The van der Waals surface area contributed by atoms with E-state index in [0.717, 1.165) is 0 Å². The van der Waals surface area contributed by atoms with Gasteiger partial charge in [-0.2, -0.15) is 0 Å². The van der Waals surface area contributed by atoms with Gasteiger partial charge in [-0.25, -0.2) is 0 Å². The van der Waals surface area contributed by atoms with Crippen molar-refractivity contribution in [2.75, 3.05) is 37.6 Å². The van der Waals surface area contributed by atoms with E-state index in [1.54, 1.807) is 18.2 Å². The van der Waals surface area contributed by atoms with Crippen molar-refractivity contribution in [1.82, 2.24) is 4.90 Å². The highest BCUT2D eigenvalue weighted by Crippen LogP contribution is 2.28. The fraction of sp³-hybridized carbons (Fsp3) is 0.417. The number of carbonyl (C=O) groups is 1. The van der Waals surface area contributed by atoms with Crippen molar-refractivity contribution < 1.29 is 14.8 Å². The average Bonchev–Trinajstić information content (AvgIpc) is 2.39. The Morgan fingerprint density at radius 3 is 2.47 bits per heavy atom. The molecule has 1 saturated heterocycles. The lowest BCUT2D eigenvalue weighted by Crippen LogP contribution is -2.48. The van der Waals surface area contributed by atoms with Crippen molar-refractivity contribution in [3.63, 3.8) is 0 Å². The molecule has 1 fully saturated rings. The Labute approximate surface area is 110 Å². The zero-order valence-corrected chi connectivity index (χ0v) is 10.4. The number of nitrogens with zero attached hydrogens (tertiary/aromatic N) is 3. The number of para-hydroxylation sites is 2. The minimum absolute atomic E-state index is 0.0186. The SMILES string of the molecule is O=C(O)CN1CCN(c2ccccc2[N+](=O)[O-])CC1. The summed E-state index contributed by atoms with van der Waals surface area (Å²) >= 11 is 0. The first-order valence-corrected chi connectivity index (χ1v) is 6.00. The van der Waals surface area contributed by atoms with Crippen LogP contribution in [0.25, 0.3) is 0 Å². The van der Waals surface area contributed by atoms with E-state index >= 15 is 0 Å². The third-order valence-electron chi connectivity index (χ3n) is 3.15. The highest BCUT2D eigenvalue weighted by Gasteiger charge is 2.23. The zero-order chi connectivity index (χ0) is 13.8. The Hall–Kier alpha value is -2.15. The molecular formula is C12H15N3O4. The van der Waals surface area contributed by atoms with Crippen LogP contribution in [0.4, 0.5) is 11.4 Å². The van der Waals surface area contributed by atoms with Gasteiger partial charge < -0.3 is 10.0 Å². The van der Waals surface area contributed by atoms with Gasteiger partial charge in [-0.05, 0) is 6.07 Å². The first-order chi connectivity index (χ1) is 9.08. The first-order valence-electron chi connectivity index (χ1n) is 6.00. The van der Waals surface area contributed by atoms with Crippen molar-refractivity contribution in [3.05, 3.63) is 34.4 Å². The maximum absolute atomic E-state index is 11.0. The lowest BCUT2D eigenvalue weighted by molar-refractivity contribution is -0.384. The predicted molar refractivity (Wildman–Crippen MR) is 69.4 cm³/mol. The topological polar surface area (TPSA) is 86.9 Å². The second kappa shape index (κ2) is 5.66. The first kappa shape index (κ1) is 13.3. The van der Waals surface area contributed by atoms with Crippen molar-refractivity contribution >= 4 is 17.3 Å². The fourth-order valence-electron chi connectivity index (χ4n) is 2.22. The molecule has 0 amide bonds. The predicted octanol–water partition coefficient (Wildman–Crippen LogP) is 0.801. The monoisotopic (exact) mass is 265 g/mol. The molecule has 1 aromatic rings. The van der Waals surface area contributed by atoms with Crippen LogP contribution in [0.5, 0.6) is 0 Å². The standard InChI is InChI=1S/C12H15N3O4/c16-12(17)9-13-5-7-14(8-6-13)10-3-1-2-4-11(10)15(18)19/h1-4H,5-9H2,(H,16,17). The van der Waals surface area contributed by atoms with Gasteiger partial charge in [0.2, 0.25) is 0 Å². The van der Waals surface area contributed by atoms with E-state index in [4.69, 9.17) is 5.11 Å². The van der Waals surface area contributed by atoms with Gasteiger partial charge in [-0.15, -0.1) is 0 Å². The number of hydrogen-bond acceptors (Lipinski definition) is 5. The average molecular weight is 265 g/mol. The van der Waals surface area contributed by atoms with Crippen molar-refractivity contribution in [2.45, 2.75) is 0 Å². The van der Waals surface area contributed by atoms with Crippen LogP contribution in [-0.2, 0) is 4.79 Å². The number of carboxylic acid groups (broad SMARTS) is 1. The minimum Gasteiger partial charge on any atom is -0.480 e. The Morgan fingerprint density at radius 2 is 1.89 bits per heavy atom. The number of nitro groups is 1. The molecule has 0 aromatic heterocycles. The molecule has 0 spiro atoms. The van der Waals surface area contributed by atoms with Gasteiger partial charge in [0.25, 0.3) is 5.69 Å². The van der Waals surface area contributed by atoms with E-state index in [0.29, 0.717) is 31.9 Å². The Balaban J connectivity index is 2.05. The molecule has 0 bridgehead atoms. The van der Waals surface area contributed by atoms with E-state index in [2.05, 4.69) is 0 Å². The number of rotatable bonds is 4. The summed E-state index contributed by atoms with van der Waals surface area (Å²) in [6.07, 6.45) is 0. The molecule has 0 unspecified atom stereocenters. The second-order valence-electron chi connectivity index (χ2n) is 4.40. The number of aliphatic carboxylic acids is 1. The number of carboxylic acids is 1. The van der Waals surface area contributed by atoms with Crippen LogP contribution in [0.3, 0.4) is 0 Å². The van der Waals surface area contributed by atoms with E-state index in [1.807, 2.05) is 9.80 Å². The van der Waals surface area contributed by atoms with Crippen LogP contribution >= 0.6 is 0 Å². The van der Waals surface area contributed by atoms with Crippen LogP contribution in [0.15, 0.2) is 24.3 Å². The molecule has 1 heterocycles. The number of benzene rings is 1.